The van der Waals surface area contributed by atoms with Gasteiger partial charge in [-0.25, -0.2) is 0 Å². The third-order valence-corrected chi connectivity index (χ3v) is 7.11. The van der Waals surface area contributed by atoms with Crippen molar-refractivity contribution in [1.29, 1.82) is 0 Å². The van der Waals surface area contributed by atoms with Gasteiger partial charge in [0.1, 0.15) is 6.61 Å². The average molecular weight is 523 g/mol. The maximum atomic E-state index is 13.0. The van der Waals surface area contributed by atoms with E-state index in [0.717, 1.165) is 19.4 Å². The lowest BCUT2D eigenvalue weighted by Gasteiger charge is -2.20. The second-order valence-electron chi connectivity index (χ2n) is 9.42. The minimum absolute atomic E-state index is 0.0186. The lowest BCUT2D eigenvalue weighted by molar-refractivity contribution is 0.0774. The van der Waals surface area contributed by atoms with Gasteiger partial charge in [-0.3, -0.25) is 19.4 Å². The van der Waals surface area contributed by atoms with Crippen LogP contribution in [-0.2, 0) is 0 Å². The van der Waals surface area contributed by atoms with E-state index in [4.69, 9.17) is 9.47 Å². The first-order valence-corrected chi connectivity index (χ1v) is 12.7. The van der Waals surface area contributed by atoms with Gasteiger partial charge in [0.25, 0.3) is 11.8 Å². The predicted molar refractivity (Wildman–Crippen MR) is 149 cm³/mol. The van der Waals surface area contributed by atoms with Crippen molar-refractivity contribution in [1.82, 2.24) is 15.2 Å². The summed E-state index contributed by atoms with van der Waals surface area (Å²) in [4.78, 5) is 48.5. The van der Waals surface area contributed by atoms with Crippen LogP contribution in [-0.4, -0.2) is 54.2 Å². The fourth-order valence-corrected chi connectivity index (χ4v) is 5.15. The number of H-pyrrole nitrogens is 1. The summed E-state index contributed by atoms with van der Waals surface area (Å²) in [5, 5.41) is 3.76. The van der Waals surface area contributed by atoms with Crippen molar-refractivity contribution >= 4 is 45.5 Å². The van der Waals surface area contributed by atoms with Gasteiger partial charge in [-0.1, -0.05) is 18.2 Å². The Labute approximate surface area is 223 Å². The average Bonchev–Trinajstić information content (AvgIpc) is 3.39. The van der Waals surface area contributed by atoms with E-state index in [1.165, 1.54) is 13.3 Å². The summed E-state index contributed by atoms with van der Waals surface area (Å²) in [6.07, 6.45) is 6.84. The Bertz CT molecular complexity index is 1740. The van der Waals surface area contributed by atoms with Crippen molar-refractivity contribution in [3.63, 3.8) is 0 Å². The number of aliphatic imine (C=N–C) groups is 1. The molecule has 0 aliphatic carbocycles. The summed E-state index contributed by atoms with van der Waals surface area (Å²) in [5.41, 5.74) is 2.41. The molecule has 4 aromatic rings. The van der Waals surface area contributed by atoms with E-state index >= 15 is 0 Å². The summed E-state index contributed by atoms with van der Waals surface area (Å²) in [5.74, 6) is 0.455. The quantitative estimate of drug-likeness (QED) is 0.366. The van der Waals surface area contributed by atoms with Crippen molar-refractivity contribution in [2.24, 2.45) is 4.99 Å². The van der Waals surface area contributed by atoms with Gasteiger partial charge < -0.3 is 24.7 Å². The van der Waals surface area contributed by atoms with E-state index in [-0.39, 0.29) is 29.9 Å². The number of ether oxygens (including phenoxy) is 2. The summed E-state index contributed by atoms with van der Waals surface area (Å²) in [6, 6.07) is 15.7. The number of aromatic nitrogens is 1. The SMILES string of the molecule is COc1cc2c(cc1OC/C=C\NC(=O)c1cccc3c(=O)c4ccccc4[nH]c13)N=C[C@@H]1CCCN1C2=O. The Morgan fingerprint density at radius 1 is 1.13 bits per heavy atom. The lowest BCUT2D eigenvalue weighted by Crippen LogP contribution is -2.35. The van der Waals surface area contributed by atoms with Gasteiger partial charge in [0.2, 0.25) is 0 Å². The van der Waals surface area contributed by atoms with Crippen molar-refractivity contribution < 1.29 is 19.1 Å². The molecule has 9 heteroatoms. The molecule has 9 nitrogen and oxygen atoms in total. The molecule has 39 heavy (non-hydrogen) atoms. The molecule has 1 aromatic heterocycles. The van der Waals surface area contributed by atoms with Crippen LogP contribution in [0.15, 0.2) is 76.7 Å². The number of carbonyl (C=O) groups is 2. The number of aromatic amines is 1. The maximum Gasteiger partial charge on any atom is 0.257 e. The number of amides is 2. The van der Waals surface area contributed by atoms with Crippen molar-refractivity contribution in [2.45, 2.75) is 18.9 Å². The van der Waals surface area contributed by atoms with Crippen molar-refractivity contribution in [3.8, 4) is 11.5 Å². The number of hydrogen-bond donors (Lipinski definition) is 2. The van der Waals surface area contributed by atoms with Gasteiger partial charge in [0.15, 0.2) is 16.9 Å². The Kier molecular flexibility index (Phi) is 6.32. The van der Waals surface area contributed by atoms with Crippen LogP contribution in [0.1, 0.15) is 33.6 Å². The minimum Gasteiger partial charge on any atom is -0.493 e. The summed E-state index contributed by atoms with van der Waals surface area (Å²) < 4.78 is 11.4. The number of hydrogen-bond acceptors (Lipinski definition) is 6. The second-order valence-corrected chi connectivity index (χ2v) is 9.42. The number of nitrogens with one attached hydrogen (secondary N) is 2. The number of carbonyl (C=O) groups excluding carboxylic acids is 2. The van der Waals surface area contributed by atoms with Crippen LogP contribution in [0.25, 0.3) is 21.8 Å². The van der Waals surface area contributed by atoms with Crippen LogP contribution in [0.3, 0.4) is 0 Å². The Morgan fingerprint density at radius 2 is 1.97 bits per heavy atom. The van der Waals surface area contributed by atoms with E-state index in [9.17, 15) is 14.4 Å². The molecule has 3 heterocycles. The first-order valence-electron chi connectivity index (χ1n) is 12.7. The molecule has 2 aliphatic heterocycles. The highest BCUT2D eigenvalue weighted by molar-refractivity contribution is 6.08. The molecule has 0 radical (unpaired) electrons. The number of fused-ring (bicyclic) bond motifs is 4. The van der Waals surface area contributed by atoms with Crippen LogP contribution in [0, 0.1) is 0 Å². The zero-order valence-corrected chi connectivity index (χ0v) is 21.3. The zero-order valence-electron chi connectivity index (χ0n) is 21.3. The fourth-order valence-electron chi connectivity index (χ4n) is 5.15. The van der Waals surface area contributed by atoms with E-state index in [2.05, 4.69) is 15.3 Å². The number of rotatable bonds is 6. The molecular weight excluding hydrogens is 496 g/mol. The third-order valence-electron chi connectivity index (χ3n) is 7.11. The highest BCUT2D eigenvalue weighted by atomic mass is 16.5. The molecule has 0 bridgehead atoms. The summed E-state index contributed by atoms with van der Waals surface area (Å²) in [6.45, 7) is 0.857. The molecule has 0 saturated carbocycles. The van der Waals surface area contributed by atoms with Gasteiger partial charge in [-0.15, -0.1) is 0 Å². The second kappa shape index (κ2) is 10.1. The van der Waals surface area contributed by atoms with Gasteiger partial charge >= 0.3 is 0 Å². The van der Waals surface area contributed by atoms with E-state index in [1.807, 2.05) is 29.3 Å². The monoisotopic (exact) mass is 522 g/mol. The predicted octanol–water partition coefficient (Wildman–Crippen LogP) is 4.33. The number of nitrogens with zero attached hydrogens (tertiary/aromatic N) is 2. The molecule has 196 valence electrons. The third kappa shape index (κ3) is 4.41. The zero-order chi connectivity index (χ0) is 26.9. The van der Waals surface area contributed by atoms with Crippen LogP contribution in [0.5, 0.6) is 11.5 Å². The number of methoxy groups -OCH3 is 1. The lowest BCUT2D eigenvalue weighted by atomic mass is 10.1. The van der Waals surface area contributed by atoms with Crippen molar-refractivity contribution in [2.75, 3.05) is 20.3 Å². The van der Waals surface area contributed by atoms with Crippen LogP contribution in [0.2, 0.25) is 0 Å². The largest absolute Gasteiger partial charge is 0.493 e. The molecule has 1 atom stereocenters. The molecule has 0 unspecified atom stereocenters. The standard InChI is InChI=1S/C30H26N4O5/c1-38-25-15-22-24(32-17-18-7-5-13-34(18)30(22)37)16-26(25)39-14-6-12-31-29(36)21-10-4-9-20-27(21)33-23-11-3-2-8-19(23)28(20)35/h2-4,6,8-12,15-18H,5,7,13-14H2,1H3,(H,31,36)(H,33,35)/b12-6-/t18-/m0/s1. The molecule has 6 rings (SSSR count). The highest BCUT2D eigenvalue weighted by Gasteiger charge is 2.32. The smallest absolute Gasteiger partial charge is 0.257 e. The first-order chi connectivity index (χ1) is 19.0. The number of benzene rings is 3. The molecule has 2 aliphatic rings. The van der Waals surface area contributed by atoms with Crippen LogP contribution >= 0.6 is 0 Å². The normalized spacial score (nSPS) is 16.4. The van der Waals surface area contributed by atoms with E-state index < -0.39 is 0 Å². The maximum absolute atomic E-state index is 13.0. The Morgan fingerprint density at radius 3 is 2.85 bits per heavy atom. The number of pyridine rings is 1. The van der Waals surface area contributed by atoms with Gasteiger partial charge in [-0.2, -0.15) is 0 Å². The number of para-hydroxylation sites is 2. The molecule has 1 fully saturated rings. The van der Waals surface area contributed by atoms with Crippen molar-refractivity contribution in [3.05, 3.63) is 88.2 Å². The highest BCUT2D eigenvalue weighted by Crippen LogP contribution is 2.38. The van der Waals surface area contributed by atoms with Gasteiger partial charge in [0, 0.05) is 41.3 Å². The van der Waals surface area contributed by atoms with Crippen LogP contribution < -0.4 is 20.2 Å². The molecule has 0 spiro atoms. The minimum atomic E-state index is -0.362. The molecule has 3 aromatic carbocycles. The van der Waals surface area contributed by atoms with Gasteiger partial charge in [-0.05, 0) is 49.2 Å². The Hall–Kier alpha value is -4.92. The topological polar surface area (TPSA) is 113 Å². The first kappa shape index (κ1) is 24.4. The Balaban J connectivity index is 1.17. The van der Waals surface area contributed by atoms with E-state index in [1.54, 1.807) is 42.5 Å². The fraction of sp³-hybridized carbons (Fsp3) is 0.200. The van der Waals surface area contributed by atoms with E-state index in [0.29, 0.717) is 50.1 Å². The van der Waals surface area contributed by atoms with Crippen LogP contribution in [0.4, 0.5) is 5.69 Å². The van der Waals surface area contributed by atoms with Gasteiger partial charge in [0.05, 0.1) is 35.5 Å². The molecular formula is C30H26N4O5. The summed E-state index contributed by atoms with van der Waals surface area (Å²) in [7, 11) is 1.52. The molecule has 2 N–H and O–H groups in total. The molecule has 2 amide bonds. The molecule has 1 saturated heterocycles. The summed E-state index contributed by atoms with van der Waals surface area (Å²) >= 11 is 0.